The summed E-state index contributed by atoms with van der Waals surface area (Å²) >= 11 is 0. The highest BCUT2D eigenvalue weighted by Gasteiger charge is 2.23. The minimum Gasteiger partial charge on any atom is -0.481 e. The van der Waals surface area contributed by atoms with E-state index in [2.05, 4.69) is 27.2 Å². The second-order valence-corrected chi connectivity index (χ2v) is 8.79. The van der Waals surface area contributed by atoms with Crippen molar-refractivity contribution in [2.75, 3.05) is 0 Å². The zero-order chi connectivity index (χ0) is 21.8. The average molecular weight is 419 g/mol. The fourth-order valence-corrected chi connectivity index (χ4v) is 3.32. The first-order valence-electron chi connectivity index (χ1n) is 8.48. The molecule has 1 heterocycles. The summed E-state index contributed by atoms with van der Waals surface area (Å²) in [5.74, 6) is -1.56. The second-order valence-electron chi connectivity index (χ2n) is 6.29. The van der Waals surface area contributed by atoms with Gasteiger partial charge in [0.05, 0.1) is 10.1 Å². The van der Waals surface area contributed by atoms with E-state index in [9.17, 15) is 13.2 Å². The molecule has 10 nitrogen and oxygen atoms in total. The Morgan fingerprint density at radius 1 is 1.34 bits per heavy atom. The van der Waals surface area contributed by atoms with Crippen LogP contribution in [-0.2, 0) is 19.4 Å². The molecular weight excluding hydrogens is 398 g/mol. The Labute approximate surface area is 168 Å². The van der Waals surface area contributed by atoms with Gasteiger partial charge in [-0.15, -0.1) is 5.10 Å². The van der Waals surface area contributed by atoms with Gasteiger partial charge >= 0.3 is 5.97 Å². The van der Waals surface area contributed by atoms with Crippen LogP contribution in [0.25, 0.3) is 0 Å². The molecule has 0 fully saturated rings. The SMILES string of the molecule is C=NC(=N)C(N=C(C)c1ccc(S(=O)(=O)C(C)C)cc1)=C1NN=C(CC(=O)O)O1. The molecule has 1 aliphatic heterocycles. The Morgan fingerprint density at radius 3 is 2.48 bits per heavy atom. The molecule has 0 unspecified atom stereocenters. The Balaban J connectivity index is 2.36. The number of hydrogen-bond donors (Lipinski definition) is 3. The van der Waals surface area contributed by atoms with E-state index >= 15 is 0 Å². The standard InChI is InChI=1S/C18H21N5O5S/c1-10(2)29(26,27)13-7-5-12(6-8-13)11(3)21-16(17(19)20-4)18-23-22-14(28-18)9-15(24)25/h5-8,10,19,23H,4,9H2,1-3H3,(H,24,25). The Bertz CT molecular complexity index is 1040. The lowest BCUT2D eigenvalue weighted by Gasteiger charge is -2.09. The summed E-state index contributed by atoms with van der Waals surface area (Å²) in [5.41, 5.74) is 3.53. The molecule has 0 radical (unpaired) electrons. The number of carbonyl (C=O) groups is 1. The van der Waals surface area contributed by atoms with Crippen LogP contribution < -0.4 is 5.43 Å². The van der Waals surface area contributed by atoms with Gasteiger partial charge in [-0.1, -0.05) is 12.1 Å². The molecule has 0 saturated carbocycles. The Morgan fingerprint density at radius 2 is 1.97 bits per heavy atom. The third-order valence-electron chi connectivity index (χ3n) is 3.90. The highest BCUT2D eigenvalue weighted by molar-refractivity contribution is 7.92. The molecule has 0 bridgehead atoms. The molecule has 154 valence electrons. The number of hydrazone groups is 1. The van der Waals surface area contributed by atoms with Crippen molar-refractivity contribution in [1.82, 2.24) is 5.43 Å². The number of nitrogens with one attached hydrogen (secondary N) is 2. The number of aliphatic imine (C=N–C) groups is 2. The van der Waals surface area contributed by atoms with Crippen LogP contribution in [0.4, 0.5) is 0 Å². The van der Waals surface area contributed by atoms with Crippen LogP contribution in [-0.4, -0.2) is 48.9 Å². The van der Waals surface area contributed by atoms with Crippen LogP contribution in [0.5, 0.6) is 0 Å². The first-order chi connectivity index (χ1) is 13.6. The average Bonchev–Trinajstić information content (AvgIpc) is 3.12. The number of amidine groups is 1. The van der Waals surface area contributed by atoms with Gasteiger partial charge in [-0.3, -0.25) is 10.2 Å². The van der Waals surface area contributed by atoms with Crippen LogP contribution in [0.2, 0.25) is 0 Å². The smallest absolute Gasteiger partial charge is 0.312 e. The van der Waals surface area contributed by atoms with Crippen molar-refractivity contribution in [1.29, 1.82) is 5.41 Å². The van der Waals surface area contributed by atoms with Gasteiger partial charge < -0.3 is 9.84 Å². The van der Waals surface area contributed by atoms with Crippen LogP contribution in [0.3, 0.4) is 0 Å². The topological polar surface area (TPSA) is 154 Å². The normalized spacial score (nSPS) is 16.0. The largest absolute Gasteiger partial charge is 0.481 e. The quantitative estimate of drug-likeness (QED) is 0.453. The van der Waals surface area contributed by atoms with E-state index < -0.39 is 27.5 Å². The molecule has 3 N–H and O–H groups in total. The number of carboxylic acids is 1. The third-order valence-corrected chi connectivity index (χ3v) is 6.07. The third kappa shape index (κ3) is 5.13. The van der Waals surface area contributed by atoms with Crippen LogP contribution in [0.15, 0.2) is 55.8 Å². The monoisotopic (exact) mass is 419 g/mol. The van der Waals surface area contributed by atoms with E-state index in [0.717, 1.165) is 0 Å². The molecule has 0 aromatic heterocycles. The molecule has 0 atom stereocenters. The van der Waals surface area contributed by atoms with E-state index in [-0.39, 0.29) is 28.2 Å². The zero-order valence-corrected chi connectivity index (χ0v) is 16.9. The Hall–Kier alpha value is -3.34. The van der Waals surface area contributed by atoms with Gasteiger partial charge in [0, 0.05) is 5.71 Å². The summed E-state index contributed by atoms with van der Waals surface area (Å²) in [5, 5.41) is 19.9. The van der Waals surface area contributed by atoms with E-state index in [1.165, 1.54) is 12.1 Å². The van der Waals surface area contributed by atoms with E-state index in [4.69, 9.17) is 15.3 Å². The summed E-state index contributed by atoms with van der Waals surface area (Å²) in [6.45, 7) is 8.18. The van der Waals surface area contributed by atoms with Crippen LogP contribution in [0, 0.1) is 5.41 Å². The molecule has 29 heavy (non-hydrogen) atoms. The molecule has 0 aliphatic carbocycles. The second kappa shape index (κ2) is 8.78. The molecule has 2 rings (SSSR count). The molecule has 1 aromatic carbocycles. The molecule has 1 aromatic rings. The summed E-state index contributed by atoms with van der Waals surface area (Å²) < 4.78 is 29.8. The first kappa shape index (κ1) is 22.0. The van der Waals surface area contributed by atoms with E-state index in [1.54, 1.807) is 32.9 Å². The number of sulfone groups is 1. The maximum Gasteiger partial charge on any atom is 0.312 e. The number of nitrogens with zero attached hydrogens (tertiary/aromatic N) is 3. The fourth-order valence-electron chi connectivity index (χ4n) is 2.26. The van der Waals surface area contributed by atoms with Gasteiger partial charge in [0.1, 0.15) is 6.42 Å². The minimum absolute atomic E-state index is 0.0273. The zero-order valence-electron chi connectivity index (χ0n) is 16.1. The number of carboxylic acid groups (broad SMARTS) is 1. The molecule has 1 aliphatic rings. The number of benzene rings is 1. The van der Waals surface area contributed by atoms with Gasteiger partial charge in [-0.2, -0.15) is 0 Å². The van der Waals surface area contributed by atoms with Crippen LogP contribution in [0.1, 0.15) is 32.8 Å². The predicted molar refractivity (Wildman–Crippen MR) is 109 cm³/mol. The van der Waals surface area contributed by atoms with Gasteiger partial charge in [-0.25, -0.2) is 23.8 Å². The fraction of sp³-hybridized carbons (Fsp3) is 0.278. The minimum atomic E-state index is -3.39. The maximum absolute atomic E-state index is 12.2. The van der Waals surface area contributed by atoms with E-state index in [0.29, 0.717) is 11.3 Å². The Kier molecular flexibility index (Phi) is 6.64. The van der Waals surface area contributed by atoms with Crippen molar-refractivity contribution in [2.24, 2.45) is 15.1 Å². The van der Waals surface area contributed by atoms with Crippen molar-refractivity contribution in [3.63, 3.8) is 0 Å². The number of rotatable bonds is 7. The highest BCUT2D eigenvalue weighted by atomic mass is 32.2. The van der Waals surface area contributed by atoms with Crippen molar-refractivity contribution < 1.29 is 23.1 Å². The van der Waals surface area contributed by atoms with Crippen LogP contribution >= 0.6 is 0 Å². The molecule has 0 spiro atoms. The number of ether oxygens (including phenoxy) is 1. The number of hydrogen-bond acceptors (Lipinski definition) is 8. The summed E-state index contributed by atoms with van der Waals surface area (Å²) in [6, 6.07) is 6.20. The maximum atomic E-state index is 12.2. The highest BCUT2D eigenvalue weighted by Crippen LogP contribution is 2.19. The van der Waals surface area contributed by atoms with Gasteiger partial charge in [-0.05, 0) is 45.2 Å². The predicted octanol–water partition coefficient (Wildman–Crippen LogP) is 1.93. The van der Waals surface area contributed by atoms with E-state index in [1.807, 2.05) is 0 Å². The van der Waals surface area contributed by atoms with Crippen molar-refractivity contribution >= 4 is 40.0 Å². The lowest BCUT2D eigenvalue weighted by atomic mass is 10.1. The van der Waals surface area contributed by atoms with Crippen molar-refractivity contribution in [3.8, 4) is 0 Å². The molecular formula is C18H21N5O5S. The van der Waals surface area contributed by atoms with Crippen molar-refractivity contribution in [2.45, 2.75) is 37.3 Å². The summed E-state index contributed by atoms with van der Waals surface area (Å²) in [6.07, 6.45) is -0.437. The van der Waals surface area contributed by atoms with Gasteiger partial charge in [0.15, 0.2) is 21.4 Å². The first-order valence-corrected chi connectivity index (χ1v) is 10.0. The van der Waals surface area contributed by atoms with Gasteiger partial charge in [0.2, 0.25) is 11.8 Å². The van der Waals surface area contributed by atoms with Crippen molar-refractivity contribution in [3.05, 3.63) is 41.4 Å². The molecule has 11 heteroatoms. The molecule has 0 amide bonds. The summed E-state index contributed by atoms with van der Waals surface area (Å²) in [7, 11) is -3.39. The lowest BCUT2D eigenvalue weighted by molar-refractivity contribution is -0.135. The number of aliphatic carboxylic acids is 1. The lowest BCUT2D eigenvalue weighted by Crippen LogP contribution is -2.14. The molecule has 0 saturated heterocycles. The van der Waals surface area contributed by atoms with Gasteiger partial charge in [0.25, 0.3) is 0 Å². The summed E-state index contributed by atoms with van der Waals surface area (Å²) in [4.78, 5) is 18.8.